The third-order valence-electron chi connectivity index (χ3n) is 5.81. The average molecular weight is 415 g/mol. The summed E-state index contributed by atoms with van der Waals surface area (Å²) in [6, 6.07) is 33.3. The lowest BCUT2D eigenvalue weighted by molar-refractivity contribution is 0.0991. The van der Waals surface area contributed by atoms with Crippen molar-refractivity contribution >= 4 is 17.6 Å². The average Bonchev–Trinajstić information content (AvgIpc) is 3.18. The van der Waals surface area contributed by atoms with Gasteiger partial charge in [0.2, 0.25) is 0 Å². The first-order chi connectivity index (χ1) is 15.8. The Kier molecular flexibility index (Phi) is 5.22. The number of aromatic nitrogens is 1. The second kappa shape index (κ2) is 8.48. The number of Topliss-reactive ketones (excluding diaryl/α,β-unsaturated/α-hetero) is 1. The molecule has 0 aliphatic rings. The third kappa shape index (κ3) is 3.54. The van der Waals surface area contributed by atoms with Gasteiger partial charge < -0.3 is 4.40 Å². The topological polar surface area (TPSA) is 38.5 Å². The van der Waals surface area contributed by atoms with Gasteiger partial charge >= 0.3 is 0 Å². The summed E-state index contributed by atoms with van der Waals surface area (Å²) < 4.78 is 1.96. The number of hydrogen-bond acceptors (Lipinski definition) is 2. The molecule has 0 fully saturated rings. The van der Waals surface area contributed by atoms with Crippen LogP contribution in [0.2, 0.25) is 0 Å². The summed E-state index contributed by atoms with van der Waals surface area (Å²) in [4.78, 5) is 25.3. The number of ketones is 1. The second-order valence-corrected chi connectivity index (χ2v) is 7.72. The maximum Gasteiger partial charge on any atom is 0.168 e. The van der Waals surface area contributed by atoms with Crippen molar-refractivity contribution in [1.29, 1.82) is 0 Å². The van der Waals surface area contributed by atoms with Crippen LogP contribution in [0.15, 0.2) is 109 Å². The maximum absolute atomic E-state index is 13.3. The molecule has 0 radical (unpaired) electrons. The first kappa shape index (κ1) is 19.7. The van der Waals surface area contributed by atoms with Gasteiger partial charge in [-0.25, -0.2) is 0 Å². The molecule has 0 saturated carbocycles. The zero-order valence-corrected chi connectivity index (χ0v) is 17.4. The fourth-order valence-corrected chi connectivity index (χ4v) is 4.26. The first-order valence-corrected chi connectivity index (χ1v) is 10.6. The summed E-state index contributed by atoms with van der Waals surface area (Å²) in [5.41, 5.74) is 6.84. The summed E-state index contributed by atoms with van der Waals surface area (Å²) in [7, 11) is 0. The van der Waals surface area contributed by atoms with E-state index in [1.165, 1.54) is 0 Å². The monoisotopic (exact) mass is 415 g/mol. The van der Waals surface area contributed by atoms with E-state index in [-0.39, 0.29) is 12.2 Å². The van der Waals surface area contributed by atoms with Gasteiger partial charge in [0.05, 0.1) is 11.9 Å². The first-order valence-electron chi connectivity index (χ1n) is 10.6. The lowest BCUT2D eigenvalue weighted by Crippen LogP contribution is -2.07. The molecule has 3 aromatic carbocycles. The van der Waals surface area contributed by atoms with Crippen molar-refractivity contribution in [2.45, 2.75) is 6.42 Å². The van der Waals surface area contributed by atoms with Gasteiger partial charge in [0.1, 0.15) is 0 Å². The van der Waals surface area contributed by atoms with Crippen molar-refractivity contribution in [3.63, 3.8) is 0 Å². The number of nitrogens with zero attached hydrogens (tertiary/aromatic N) is 1. The smallest absolute Gasteiger partial charge is 0.168 e. The predicted molar refractivity (Wildman–Crippen MR) is 128 cm³/mol. The van der Waals surface area contributed by atoms with Gasteiger partial charge in [-0.2, -0.15) is 0 Å². The number of aldehydes is 1. The molecule has 0 saturated heterocycles. The molecule has 154 valence electrons. The standard InChI is InChI=1S/C29H21NO2/c31-20-25-26-13-7-8-18-30(26)27(29(25)24-11-5-2-6-12-24)19-28(32)23-16-14-22(15-17-23)21-9-3-1-4-10-21/h1-18,20H,19H2. The van der Waals surface area contributed by atoms with Crippen LogP contribution in [0, 0.1) is 0 Å². The Hall–Kier alpha value is -4.24. The Labute approximate surface area is 186 Å². The van der Waals surface area contributed by atoms with Crippen molar-refractivity contribution in [2.24, 2.45) is 0 Å². The Morgan fingerprint density at radius 3 is 1.94 bits per heavy atom. The number of benzene rings is 3. The summed E-state index contributed by atoms with van der Waals surface area (Å²) >= 11 is 0. The van der Waals surface area contributed by atoms with E-state index in [9.17, 15) is 9.59 Å². The molecular weight excluding hydrogens is 394 g/mol. The Morgan fingerprint density at radius 2 is 1.28 bits per heavy atom. The van der Waals surface area contributed by atoms with Crippen LogP contribution in [-0.4, -0.2) is 16.5 Å². The molecule has 0 N–H and O–H groups in total. The molecule has 0 spiro atoms. The van der Waals surface area contributed by atoms with Gasteiger partial charge in [-0.15, -0.1) is 0 Å². The van der Waals surface area contributed by atoms with Crippen LogP contribution in [0.25, 0.3) is 27.8 Å². The van der Waals surface area contributed by atoms with Crippen molar-refractivity contribution in [2.75, 3.05) is 0 Å². The van der Waals surface area contributed by atoms with Crippen LogP contribution in [0.4, 0.5) is 0 Å². The van der Waals surface area contributed by atoms with Gasteiger partial charge in [0.15, 0.2) is 12.1 Å². The minimum Gasteiger partial charge on any atom is -0.319 e. The quantitative estimate of drug-likeness (QED) is 0.234. The zero-order valence-electron chi connectivity index (χ0n) is 17.4. The highest BCUT2D eigenvalue weighted by atomic mass is 16.1. The van der Waals surface area contributed by atoms with E-state index in [4.69, 9.17) is 0 Å². The Morgan fingerprint density at radius 1 is 0.688 bits per heavy atom. The van der Waals surface area contributed by atoms with Crippen molar-refractivity contribution in [3.05, 3.63) is 126 Å². The van der Waals surface area contributed by atoms with Crippen LogP contribution in [0.3, 0.4) is 0 Å². The molecule has 0 bridgehead atoms. The Balaban J connectivity index is 1.55. The van der Waals surface area contributed by atoms with E-state index in [2.05, 4.69) is 12.1 Å². The fourth-order valence-electron chi connectivity index (χ4n) is 4.26. The molecule has 0 aliphatic heterocycles. The molecule has 0 amide bonds. The van der Waals surface area contributed by atoms with Gasteiger partial charge in [-0.1, -0.05) is 91.0 Å². The minimum absolute atomic E-state index is 0.0162. The van der Waals surface area contributed by atoms with Gasteiger partial charge in [-0.05, 0) is 28.8 Å². The van der Waals surface area contributed by atoms with Gasteiger partial charge in [-0.3, -0.25) is 9.59 Å². The van der Waals surface area contributed by atoms with E-state index in [1.807, 2.05) is 102 Å². The number of rotatable bonds is 6. The minimum atomic E-state index is 0.0162. The summed E-state index contributed by atoms with van der Waals surface area (Å²) in [5, 5.41) is 0. The molecule has 2 aromatic heterocycles. The molecule has 5 aromatic rings. The highest BCUT2D eigenvalue weighted by molar-refractivity contribution is 6.03. The molecule has 3 heteroatoms. The zero-order chi connectivity index (χ0) is 21.9. The molecule has 3 nitrogen and oxygen atoms in total. The number of hydrogen-bond donors (Lipinski definition) is 0. The van der Waals surface area contributed by atoms with E-state index >= 15 is 0 Å². The fraction of sp³-hybridized carbons (Fsp3) is 0.0345. The van der Waals surface area contributed by atoms with E-state index in [0.717, 1.165) is 39.8 Å². The molecule has 0 unspecified atom stereocenters. The van der Waals surface area contributed by atoms with Crippen molar-refractivity contribution in [1.82, 2.24) is 4.40 Å². The highest BCUT2D eigenvalue weighted by Gasteiger charge is 2.21. The van der Waals surface area contributed by atoms with E-state index in [1.54, 1.807) is 0 Å². The molecular formula is C29H21NO2. The van der Waals surface area contributed by atoms with Crippen molar-refractivity contribution in [3.8, 4) is 22.3 Å². The maximum atomic E-state index is 13.3. The molecule has 0 atom stereocenters. The third-order valence-corrected chi connectivity index (χ3v) is 5.81. The Bertz CT molecular complexity index is 1400. The largest absolute Gasteiger partial charge is 0.319 e. The van der Waals surface area contributed by atoms with Crippen molar-refractivity contribution < 1.29 is 9.59 Å². The second-order valence-electron chi connectivity index (χ2n) is 7.72. The molecule has 2 heterocycles. The van der Waals surface area contributed by atoms with Crippen LogP contribution >= 0.6 is 0 Å². The molecule has 32 heavy (non-hydrogen) atoms. The van der Waals surface area contributed by atoms with Crippen LogP contribution in [0.5, 0.6) is 0 Å². The summed E-state index contributed by atoms with van der Waals surface area (Å²) in [6.07, 6.45) is 3.00. The van der Waals surface area contributed by atoms with Crippen LogP contribution < -0.4 is 0 Å². The number of pyridine rings is 1. The number of carbonyl (C=O) groups is 2. The highest BCUT2D eigenvalue weighted by Crippen LogP contribution is 2.33. The number of carbonyl (C=O) groups excluding carboxylic acids is 2. The van der Waals surface area contributed by atoms with Gasteiger partial charge in [0, 0.05) is 28.6 Å². The van der Waals surface area contributed by atoms with Crippen LogP contribution in [0.1, 0.15) is 26.4 Å². The van der Waals surface area contributed by atoms with E-state index < -0.39 is 0 Å². The summed E-state index contributed by atoms with van der Waals surface area (Å²) in [6.45, 7) is 0. The number of fused-ring (bicyclic) bond motifs is 1. The SMILES string of the molecule is O=Cc1c(-c2ccccc2)c(CC(=O)c2ccc(-c3ccccc3)cc2)n2ccccc12. The van der Waals surface area contributed by atoms with Crippen LogP contribution in [-0.2, 0) is 6.42 Å². The predicted octanol–water partition coefficient (Wildman–Crippen LogP) is 6.51. The lowest BCUT2D eigenvalue weighted by Gasteiger charge is -2.08. The van der Waals surface area contributed by atoms with Gasteiger partial charge in [0.25, 0.3) is 0 Å². The normalized spacial score (nSPS) is 10.9. The lowest BCUT2D eigenvalue weighted by atomic mass is 9.96. The molecule has 5 rings (SSSR count). The van der Waals surface area contributed by atoms with E-state index in [0.29, 0.717) is 11.1 Å². The molecule has 0 aliphatic carbocycles. The summed E-state index contributed by atoms with van der Waals surface area (Å²) in [5.74, 6) is 0.0162.